The molecule has 110 valence electrons. The van der Waals surface area contributed by atoms with Gasteiger partial charge in [0.2, 0.25) is 5.95 Å². The van der Waals surface area contributed by atoms with E-state index in [2.05, 4.69) is 48.1 Å². The van der Waals surface area contributed by atoms with Crippen LogP contribution in [0.25, 0.3) is 22.5 Å². The number of nitrogen functional groups attached to an aromatic ring is 1. The van der Waals surface area contributed by atoms with Gasteiger partial charge in [-0.05, 0) is 17.5 Å². The Morgan fingerprint density at radius 2 is 1.32 bits per heavy atom. The van der Waals surface area contributed by atoms with E-state index in [0.29, 0.717) is 11.9 Å². The van der Waals surface area contributed by atoms with Crippen LogP contribution in [0.1, 0.15) is 25.3 Å². The van der Waals surface area contributed by atoms with Crippen LogP contribution in [0.2, 0.25) is 0 Å². The summed E-state index contributed by atoms with van der Waals surface area (Å²) >= 11 is 0. The third-order valence-electron chi connectivity index (χ3n) is 3.69. The maximum atomic E-state index is 5.89. The third kappa shape index (κ3) is 2.98. The zero-order valence-corrected chi connectivity index (χ0v) is 12.8. The maximum absolute atomic E-state index is 5.89. The van der Waals surface area contributed by atoms with Crippen LogP contribution >= 0.6 is 0 Å². The highest BCUT2D eigenvalue weighted by Crippen LogP contribution is 2.25. The lowest BCUT2D eigenvalue weighted by Crippen LogP contribution is -1.98. The SMILES string of the molecule is CC(C)c1ccc(-c2cc(-c3ccccc3)nc(N)n2)cc1. The van der Waals surface area contributed by atoms with Crippen molar-refractivity contribution in [2.75, 3.05) is 5.73 Å². The lowest BCUT2D eigenvalue weighted by Gasteiger charge is -2.09. The molecule has 0 bridgehead atoms. The molecule has 0 saturated carbocycles. The van der Waals surface area contributed by atoms with Crippen molar-refractivity contribution in [3.05, 3.63) is 66.2 Å². The van der Waals surface area contributed by atoms with Crippen LogP contribution in [0.15, 0.2) is 60.7 Å². The minimum absolute atomic E-state index is 0.296. The number of nitrogens with two attached hydrogens (primary N) is 1. The first-order chi connectivity index (χ1) is 10.6. The molecular formula is C19H19N3. The average molecular weight is 289 g/mol. The van der Waals surface area contributed by atoms with Gasteiger partial charge < -0.3 is 5.73 Å². The summed E-state index contributed by atoms with van der Waals surface area (Å²) in [5.74, 6) is 0.814. The second-order valence-corrected chi connectivity index (χ2v) is 5.64. The van der Waals surface area contributed by atoms with Gasteiger partial charge in [-0.15, -0.1) is 0 Å². The van der Waals surface area contributed by atoms with Gasteiger partial charge in [0, 0.05) is 11.1 Å². The molecule has 3 nitrogen and oxygen atoms in total. The Morgan fingerprint density at radius 3 is 1.86 bits per heavy atom. The van der Waals surface area contributed by atoms with Crippen molar-refractivity contribution in [2.24, 2.45) is 0 Å². The summed E-state index contributed by atoms with van der Waals surface area (Å²) in [6.07, 6.45) is 0. The van der Waals surface area contributed by atoms with Crippen molar-refractivity contribution in [1.29, 1.82) is 0 Å². The lowest BCUT2D eigenvalue weighted by atomic mass is 10.0. The van der Waals surface area contributed by atoms with Crippen LogP contribution in [0.3, 0.4) is 0 Å². The van der Waals surface area contributed by atoms with E-state index in [0.717, 1.165) is 22.5 Å². The molecule has 1 aromatic heterocycles. The van der Waals surface area contributed by atoms with Gasteiger partial charge in [0.15, 0.2) is 0 Å². The van der Waals surface area contributed by atoms with E-state index < -0.39 is 0 Å². The number of aromatic nitrogens is 2. The Hall–Kier alpha value is -2.68. The molecule has 0 aliphatic rings. The minimum atomic E-state index is 0.296. The zero-order valence-electron chi connectivity index (χ0n) is 12.8. The van der Waals surface area contributed by atoms with E-state index in [4.69, 9.17) is 5.73 Å². The van der Waals surface area contributed by atoms with Gasteiger partial charge in [-0.2, -0.15) is 0 Å². The summed E-state index contributed by atoms with van der Waals surface area (Å²) in [6, 6.07) is 20.4. The van der Waals surface area contributed by atoms with E-state index in [1.54, 1.807) is 0 Å². The van der Waals surface area contributed by atoms with Gasteiger partial charge in [-0.3, -0.25) is 0 Å². The van der Waals surface area contributed by atoms with Crippen LogP contribution in [0.4, 0.5) is 5.95 Å². The maximum Gasteiger partial charge on any atom is 0.221 e. The molecule has 1 heterocycles. The molecule has 0 amide bonds. The normalized spacial score (nSPS) is 10.9. The molecule has 22 heavy (non-hydrogen) atoms. The summed E-state index contributed by atoms with van der Waals surface area (Å²) in [6.45, 7) is 4.37. The molecule has 3 rings (SSSR count). The Labute approximate surface area is 130 Å². The number of nitrogens with zero attached hydrogens (tertiary/aromatic N) is 2. The van der Waals surface area contributed by atoms with Crippen molar-refractivity contribution in [3.8, 4) is 22.5 Å². The third-order valence-corrected chi connectivity index (χ3v) is 3.69. The van der Waals surface area contributed by atoms with Gasteiger partial charge in [0.25, 0.3) is 0 Å². The highest BCUT2D eigenvalue weighted by molar-refractivity contribution is 5.69. The van der Waals surface area contributed by atoms with Gasteiger partial charge >= 0.3 is 0 Å². The molecule has 2 N–H and O–H groups in total. The average Bonchev–Trinajstić information content (AvgIpc) is 2.55. The summed E-state index contributed by atoms with van der Waals surface area (Å²) in [7, 11) is 0. The second-order valence-electron chi connectivity index (χ2n) is 5.64. The Balaban J connectivity index is 2.02. The van der Waals surface area contributed by atoms with Crippen LogP contribution in [0.5, 0.6) is 0 Å². The van der Waals surface area contributed by atoms with Crippen molar-refractivity contribution in [1.82, 2.24) is 9.97 Å². The molecule has 0 fully saturated rings. The van der Waals surface area contributed by atoms with E-state index in [1.165, 1.54) is 5.56 Å². The van der Waals surface area contributed by atoms with E-state index in [-0.39, 0.29) is 0 Å². The topological polar surface area (TPSA) is 51.8 Å². The fourth-order valence-electron chi connectivity index (χ4n) is 2.41. The number of hydrogen-bond donors (Lipinski definition) is 1. The first-order valence-corrected chi connectivity index (χ1v) is 7.44. The van der Waals surface area contributed by atoms with E-state index in [9.17, 15) is 0 Å². The summed E-state index contributed by atoms with van der Waals surface area (Å²) < 4.78 is 0. The standard InChI is InChI=1S/C19H19N3/c1-13(2)14-8-10-16(11-9-14)18-12-17(21-19(20)22-18)15-6-4-3-5-7-15/h3-13H,1-2H3,(H2,20,21,22). The van der Waals surface area contributed by atoms with Crippen molar-refractivity contribution >= 4 is 5.95 Å². The van der Waals surface area contributed by atoms with Gasteiger partial charge in [0.1, 0.15) is 0 Å². The largest absolute Gasteiger partial charge is 0.368 e. The molecule has 3 aromatic rings. The molecule has 0 aliphatic heterocycles. The molecule has 0 spiro atoms. The molecule has 0 atom stereocenters. The smallest absolute Gasteiger partial charge is 0.221 e. The fourth-order valence-corrected chi connectivity index (χ4v) is 2.41. The summed E-state index contributed by atoms with van der Waals surface area (Å²) in [4.78, 5) is 8.71. The molecule has 0 aliphatic carbocycles. The summed E-state index contributed by atoms with van der Waals surface area (Å²) in [5, 5.41) is 0. The van der Waals surface area contributed by atoms with Gasteiger partial charge in [-0.25, -0.2) is 9.97 Å². The van der Waals surface area contributed by atoms with Crippen LogP contribution in [0, 0.1) is 0 Å². The number of benzene rings is 2. The van der Waals surface area contributed by atoms with Crippen molar-refractivity contribution in [2.45, 2.75) is 19.8 Å². The number of hydrogen-bond acceptors (Lipinski definition) is 3. The Bertz CT molecular complexity index is 762. The van der Waals surface area contributed by atoms with Crippen LogP contribution < -0.4 is 5.73 Å². The molecule has 0 saturated heterocycles. The highest BCUT2D eigenvalue weighted by Gasteiger charge is 2.07. The molecule has 3 heteroatoms. The second kappa shape index (κ2) is 5.98. The van der Waals surface area contributed by atoms with Gasteiger partial charge in [0.05, 0.1) is 11.4 Å². The zero-order chi connectivity index (χ0) is 15.5. The predicted octanol–water partition coefficient (Wildman–Crippen LogP) is 4.52. The Morgan fingerprint density at radius 1 is 0.773 bits per heavy atom. The van der Waals surface area contributed by atoms with Crippen LogP contribution in [-0.4, -0.2) is 9.97 Å². The molecule has 0 unspecified atom stereocenters. The molecular weight excluding hydrogens is 270 g/mol. The van der Waals surface area contributed by atoms with E-state index in [1.807, 2.05) is 36.4 Å². The fraction of sp³-hybridized carbons (Fsp3) is 0.158. The quantitative estimate of drug-likeness (QED) is 0.771. The van der Waals surface area contributed by atoms with Crippen molar-refractivity contribution < 1.29 is 0 Å². The van der Waals surface area contributed by atoms with Gasteiger partial charge in [-0.1, -0.05) is 68.4 Å². The predicted molar refractivity (Wildman–Crippen MR) is 91.4 cm³/mol. The first kappa shape index (κ1) is 14.3. The van der Waals surface area contributed by atoms with Crippen molar-refractivity contribution in [3.63, 3.8) is 0 Å². The van der Waals surface area contributed by atoms with E-state index >= 15 is 0 Å². The first-order valence-electron chi connectivity index (χ1n) is 7.44. The summed E-state index contributed by atoms with van der Waals surface area (Å²) in [5.41, 5.74) is 11.0. The lowest BCUT2D eigenvalue weighted by molar-refractivity contribution is 0.867. The molecule has 2 aromatic carbocycles. The monoisotopic (exact) mass is 289 g/mol. The number of rotatable bonds is 3. The Kier molecular flexibility index (Phi) is 3.88. The van der Waals surface area contributed by atoms with Crippen LogP contribution in [-0.2, 0) is 0 Å². The molecule has 0 radical (unpaired) electrons. The number of anilines is 1. The minimum Gasteiger partial charge on any atom is -0.368 e. The highest BCUT2D eigenvalue weighted by atomic mass is 15.0.